The molecule has 0 saturated heterocycles. The maximum absolute atomic E-state index is 13.1. The lowest BCUT2D eigenvalue weighted by atomic mass is 10.0. The lowest BCUT2D eigenvalue weighted by molar-refractivity contribution is 0.160. The number of halogens is 2. The molecule has 1 aromatic rings. The van der Waals surface area contributed by atoms with Gasteiger partial charge in [-0.1, -0.05) is 6.07 Å². The predicted molar refractivity (Wildman–Crippen MR) is 49.6 cm³/mol. The predicted octanol–water partition coefficient (Wildman–Crippen LogP) is 1.74. The molecule has 3 N–H and O–H groups in total. The third-order valence-electron chi connectivity index (χ3n) is 2.00. The summed E-state index contributed by atoms with van der Waals surface area (Å²) in [7, 11) is 0. The summed E-state index contributed by atoms with van der Waals surface area (Å²) in [6.45, 7) is 0.444. The maximum Gasteiger partial charge on any atom is 0.131 e. The van der Waals surface area contributed by atoms with Crippen molar-refractivity contribution in [3.63, 3.8) is 0 Å². The Hall–Kier alpha value is -1.00. The van der Waals surface area contributed by atoms with Gasteiger partial charge in [0, 0.05) is 11.6 Å². The summed E-state index contributed by atoms with van der Waals surface area (Å²) in [5.74, 6) is -1.35. The molecule has 0 heterocycles. The Morgan fingerprint density at radius 2 is 2.07 bits per heavy atom. The molecule has 0 aliphatic rings. The van der Waals surface area contributed by atoms with Crippen molar-refractivity contribution in [3.8, 4) is 0 Å². The SMILES string of the molecule is NCCCC(O)c1ccc(F)cc1F. The molecular formula is C10H13F2NO. The van der Waals surface area contributed by atoms with E-state index in [0.717, 1.165) is 12.1 Å². The number of hydrogen-bond donors (Lipinski definition) is 2. The summed E-state index contributed by atoms with van der Waals surface area (Å²) in [6, 6.07) is 3.15. The standard InChI is InChI=1S/C10H13F2NO/c11-7-3-4-8(9(12)6-7)10(14)2-1-5-13/h3-4,6,10,14H,1-2,5,13H2. The molecule has 0 radical (unpaired) electrons. The van der Waals surface area contributed by atoms with Crippen molar-refractivity contribution in [2.45, 2.75) is 18.9 Å². The lowest BCUT2D eigenvalue weighted by Crippen LogP contribution is -2.05. The lowest BCUT2D eigenvalue weighted by Gasteiger charge is -2.10. The molecule has 0 spiro atoms. The largest absolute Gasteiger partial charge is 0.388 e. The molecule has 0 aliphatic carbocycles. The van der Waals surface area contributed by atoms with Gasteiger partial charge >= 0.3 is 0 Å². The number of rotatable bonds is 4. The van der Waals surface area contributed by atoms with Crippen LogP contribution in [0, 0.1) is 11.6 Å². The summed E-state index contributed by atoms with van der Waals surface area (Å²) in [5.41, 5.74) is 5.38. The van der Waals surface area contributed by atoms with Gasteiger partial charge in [-0.25, -0.2) is 8.78 Å². The van der Waals surface area contributed by atoms with Gasteiger partial charge in [0.1, 0.15) is 11.6 Å². The van der Waals surface area contributed by atoms with Gasteiger partial charge in [0.2, 0.25) is 0 Å². The summed E-state index contributed by atoms with van der Waals surface area (Å²) >= 11 is 0. The van der Waals surface area contributed by atoms with Gasteiger partial charge < -0.3 is 10.8 Å². The normalized spacial score (nSPS) is 12.9. The molecule has 0 aromatic heterocycles. The zero-order chi connectivity index (χ0) is 10.6. The minimum atomic E-state index is -0.904. The van der Waals surface area contributed by atoms with E-state index >= 15 is 0 Å². The second-order valence-corrected chi connectivity index (χ2v) is 3.11. The number of hydrogen-bond acceptors (Lipinski definition) is 2. The number of aliphatic hydroxyl groups excluding tert-OH is 1. The fourth-order valence-corrected chi connectivity index (χ4v) is 1.24. The quantitative estimate of drug-likeness (QED) is 0.779. The molecule has 4 heteroatoms. The average Bonchev–Trinajstić information content (AvgIpc) is 2.14. The van der Waals surface area contributed by atoms with Gasteiger partial charge in [-0.2, -0.15) is 0 Å². The molecule has 0 fully saturated rings. The Morgan fingerprint density at radius 1 is 1.36 bits per heavy atom. The highest BCUT2D eigenvalue weighted by Gasteiger charge is 2.12. The van der Waals surface area contributed by atoms with Crippen LogP contribution in [0.5, 0.6) is 0 Å². The highest BCUT2D eigenvalue weighted by Crippen LogP contribution is 2.21. The fourth-order valence-electron chi connectivity index (χ4n) is 1.24. The van der Waals surface area contributed by atoms with Gasteiger partial charge in [0.15, 0.2) is 0 Å². The second kappa shape index (κ2) is 5.02. The zero-order valence-electron chi connectivity index (χ0n) is 7.71. The first-order valence-corrected chi connectivity index (χ1v) is 4.48. The van der Waals surface area contributed by atoms with Gasteiger partial charge in [-0.3, -0.25) is 0 Å². The molecule has 1 aromatic carbocycles. The highest BCUT2D eigenvalue weighted by molar-refractivity contribution is 5.20. The molecule has 1 rings (SSSR count). The minimum Gasteiger partial charge on any atom is -0.388 e. The van der Waals surface area contributed by atoms with E-state index in [0.29, 0.717) is 19.4 Å². The topological polar surface area (TPSA) is 46.2 Å². The van der Waals surface area contributed by atoms with E-state index in [1.54, 1.807) is 0 Å². The van der Waals surface area contributed by atoms with E-state index in [1.165, 1.54) is 6.07 Å². The molecule has 1 atom stereocenters. The molecule has 2 nitrogen and oxygen atoms in total. The summed E-state index contributed by atoms with van der Waals surface area (Å²) in [4.78, 5) is 0. The molecule has 78 valence electrons. The van der Waals surface area contributed by atoms with E-state index in [9.17, 15) is 13.9 Å². The first kappa shape index (κ1) is 11.1. The molecule has 0 bridgehead atoms. The Labute approximate surface area is 81.4 Å². The number of nitrogens with two attached hydrogens (primary N) is 1. The van der Waals surface area contributed by atoms with Crippen molar-refractivity contribution in [2.75, 3.05) is 6.54 Å². The summed E-state index contributed by atoms with van der Waals surface area (Å²) < 4.78 is 25.6. The molecule has 1 unspecified atom stereocenters. The van der Waals surface area contributed by atoms with E-state index in [2.05, 4.69) is 0 Å². The van der Waals surface area contributed by atoms with Gasteiger partial charge in [-0.05, 0) is 25.5 Å². The van der Waals surface area contributed by atoms with Crippen LogP contribution in [0.3, 0.4) is 0 Å². The average molecular weight is 201 g/mol. The molecular weight excluding hydrogens is 188 g/mol. The third-order valence-corrected chi connectivity index (χ3v) is 2.00. The monoisotopic (exact) mass is 201 g/mol. The van der Waals surface area contributed by atoms with Crippen LogP contribution in [0.25, 0.3) is 0 Å². The Kier molecular flexibility index (Phi) is 3.98. The van der Waals surface area contributed by atoms with Crippen molar-refractivity contribution in [1.82, 2.24) is 0 Å². The minimum absolute atomic E-state index is 0.125. The summed E-state index contributed by atoms with van der Waals surface area (Å²) in [6.07, 6.45) is 0.0935. The van der Waals surface area contributed by atoms with Crippen molar-refractivity contribution in [2.24, 2.45) is 5.73 Å². The Morgan fingerprint density at radius 3 is 2.64 bits per heavy atom. The Bertz CT molecular complexity index is 304. The van der Waals surface area contributed by atoms with E-state index in [-0.39, 0.29) is 5.56 Å². The van der Waals surface area contributed by atoms with E-state index in [1.807, 2.05) is 0 Å². The third kappa shape index (κ3) is 2.75. The van der Waals surface area contributed by atoms with Crippen molar-refractivity contribution in [1.29, 1.82) is 0 Å². The number of benzene rings is 1. The molecule has 0 aliphatic heterocycles. The van der Waals surface area contributed by atoms with Crippen LogP contribution < -0.4 is 5.73 Å². The molecule has 0 amide bonds. The smallest absolute Gasteiger partial charge is 0.131 e. The van der Waals surface area contributed by atoms with Crippen LogP contribution in [0.15, 0.2) is 18.2 Å². The highest BCUT2D eigenvalue weighted by atomic mass is 19.1. The van der Waals surface area contributed by atoms with Crippen molar-refractivity contribution >= 4 is 0 Å². The second-order valence-electron chi connectivity index (χ2n) is 3.11. The first-order valence-electron chi connectivity index (χ1n) is 4.48. The Balaban J connectivity index is 2.74. The van der Waals surface area contributed by atoms with Crippen molar-refractivity contribution in [3.05, 3.63) is 35.4 Å². The van der Waals surface area contributed by atoms with Crippen LogP contribution in [-0.2, 0) is 0 Å². The van der Waals surface area contributed by atoms with Gasteiger partial charge in [0.05, 0.1) is 6.10 Å². The van der Waals surface area contributed by atoms with Gasteiger partial charge in [-0.15, -0.1) is 0 Å². The van der Waals surface area contributed by atoms with E-state index in [4.69, 9.17) is 5.73 Å². The van der Waals surface area contributed by atoms with Crippen molar-refractivity contribution < 1.29 is 13.9 Å². The molecule has 0 saturated carbocycles. The molecule has 14 heavy (non-hydrogen) atoms. The first-order chi connectivity index (χ1) is 6.65. The van der Waals surface area contributed by atoms with Crippen LogP contribution in [-0.4, -0.2) is 11.7 Å². The van der Waals surface area contributed by atoms with Crippen LogP contribution in [0.2, 0.25) is 0 Å². The van der Waals surface area contributed by atoms with Crippen LogP contribution in [0.1, 0.15) is 24.5 Å². The fraction of sp³-hybridized carbons (Fsp3) is 0.400. The van der Waals surface area contributed by atoms with Crippen LogP contribution in [0.4, 0.5) is 8.78 Å². The zero-order valence-corrected chi connectivity index (χ0v) is 7.71. The van der Waals surface area contributed by atoms with Crippen LogP contribution >= 0.6 is 0 Å². The van der Waals surface area contributed by atoms with E-state index < -0.39 is 17.7 Å². The van der Waals surface area contributed by atoms with Gasteiger partial charge in [0.25, 0.3) is 0 Å². The number of aliphatic hydroxyl groups is 1. The maximum atomic E-state index is 13.1. The summed E-state index contributed by atoms with van der Waals surface area (Å²) in [5, 5.41) is 9.51.